The van der Waals surface area contributed by atoms with Gasteiger partial charge in [-0.2, -0.15) is 0 Å². The third-order valence-corrected chi connectivity index (χ3v) is 5.59. The Morgan fingerprint density at radius 1 is 1.38 bits per heavy atom. The molecule has 2 atom stereocenters. The van der Waals surface area contributed by atoms with Crippen molar-refractivity contribution in [3.05, 3.63) is 17.8 Å². The maximum Gasteiger partial charge on any atom is 0.233 e. The summed E-state index contributed by atoms with van der Waals surface area (Å²) in [6.45, 7) is 6.23. The van der Waals surface area contributed by atoms with Gasteiger partial charge in [0.2, 0.25) is 5.91 Å². The van der Waals surface area contributed by atoms with E-state index in [0.29, 0.717) is 17.6 Å². The molecule has 0 unspecified atom stereocenters. The van der Waals surface area contributed by atoms with Gasteiger partial charge in [-0.25, -0.2) is 9.97 Å². The zero-order valence-corrected chi connectivity index (χ0v) is 13.9. The maximum atomic E-state index is 12.4. The highest BCUT2D eigenvalue weighted by atomic mass is 32.2. The minimum atomic E-state index is 0.223. The number of hydrogen-bond acceptors (Lipinski definition) is 5. The molecule has 112 valence electrons. The Balaban J connectivity index is 1.64. The number of fused-ring (bicyclic) bond motifs is 1. The summed E-state index contributed by atoms with van der Waals surface area (Å²) in [4.78, 5) is 24.0. The van der Waals surface area contributed by atoms with Gasteiger partial charge in [-0.1, -0.05) is 25.6 Å². The van der Waals surface area contributed by atoms with Crippen molar-refractivity contribution >= 4 is 39.2 Å². The Morgan fingerprint density at radius 3 is 2.90 bits per heavy atom. The number of piperidine rings is 1. The predicted octanol–water partition coefficient (Wildman–Crippen LogP) is 3.29. The standard InChI is InChI=1S/C15H19N3OS2/c1-10-5-11(2)7-18(6-10)13(19)8-21-15-12-3-4-20-14(12)16-9-17-15/h3-4,9-11H,5-8H2,1-2H3/t10-,11-/m1/s1. The molecule has 21 heavy (non-hydrogen) atoms. The van der Waals surface area contributed by atoms with Crippen LogP contribution in [0.25, 0.3) is 10.2 Å². The van der Waals surface area contributed by atoms with Gasteiger partial charge in [0, 0.05) is 18.5 Å². The van der Waals surface area contributed by atoms with E-state index in [4.69, 9.17) is 0 Å². The van der Waals surface area contributed by atoms with Crippen molar-refractivity contribution < 1.29 is 4.79 Å². The zero-order chi connectivity index (χ0) is 14.8. The zero-order valence-electron chi connectivity index (χ0n) is 12.3. The lowest BCUT2D eigenvalue weighted by atomic mass is 9.92. The van der Waals surface area contributed by atoms with Gasteiger partial charge in [0.05, 0.1) is 5.75 Å². The van der Waals surface area contributed by atoms with Crippen molar-refractivity contribution in [2.45, 2.75) is 25.3 Å². The Bertz CT molecular complexity index is 633. The van der Waals surface area contributed by atoms with Crippen LogP contribution in [0.5, 0.6) is 0 Å². The summed E-state index contributed by atoms with van der Waals surface area (Å²) >= 11 is 3.13. The molecule has 6 heteroatoms. The van der Waals surface area contributed by atoms with Crippen LogP contribution in [0.2, 0.25) is 0 Å². The van der Waals surface area contributed by atoms with Crippen molar-refractivity contribution in [2.24, 2.45) is 11.8 Å². The SMILES string of the molecule is C[C@@H]1C[C@@H](C)CN(C(=O)CSc2ncnc3sccc23)C1. The quantitative estimate of drug-likeness (QED) is 0.643. The van der Waals surface area contributed by atoms with Crippen molar-refractivity contribution in [3.63, 3.8) is 0 Å². The first kappa shape index (κ1) is 14.8. The molecule has 0 N–H and O–H groups in total. The molecule has 1 fully saturated rings. The first-order valence-electron chi connectivity index (χ1n) is 7.22. The smallest absolute Gasteiger partial charge is 0.233 e. The highest BCUT2D eigenvalue weighted by Gasteiger charge is 2.25. The fourth-order valence-corrected chi connectivity index (χ4v) is 4.65. The van der Waals surface area contributed by atoms with Crippen LogP contribution in [0.3, 0.4) is 0 Å². The molecule has 3 rings (SSSR count). The lowest BCUT2D eigenvalue weighted by Gasteiger charge is -2.35. The molecule has 1 saturated heterocycles. The lowest BCUT2D eigenvalue weighted by molar-refractivity contribution is -0.130. The van der Waals surface area contributed by atoms with Crippen molar-refractivity contribution in [2.75, 3.05) is 18.8 Å². The van der Waals surface area contributed by atoms with E-state index >= 15 is 0 Å². The van der Waals surface area contributed by atoms with Crippen LogP contribution < -0.4 is 0 Å². The summed E-state index contributed by atoms with van der Waals surface area (Å²) in [6, 6.07) is 2.03. The molecule has 0 aliphatic carbocycles. The number of carbonyl (C=O) groups is 1. The van der Waals surface area contributed by atoms with Crippen LogP contribution in [0.4, 0.5) is 0 Å². The largest absolute Gasteiger partial charge is 0.341 e. The number of nitrogens with zero attached hydrogens (tertiary/aromatic N) is 3. The summed E-state index contributed by atoms with van der Waals surface area (Å²) < 4.78 is 0. The number of thioether (sulfide) groups is 1. The number of likely N-dealkylation sites (tertiary alicyclic amines) is 1. The van der Waals surface area contributed by atoms with Crippen LogP contribution in [0.15, 0.2) is 22.8 Å². The number of hydrogen-bond donors (Lipinski definition) is 0. The van der Waals surface area contributed by atoms with Gasteiger partial charge in [0.1, 0.15) is 16.2 Å². The van der Waals surface area contributed by atoms with Crippen LogP contribution in [-0.4, -0.2) is 39.6 Å². The fourth-order valence-electron chi connectivity index (χ4n) is 2.97. The molecular weight excluding hydrogens is 302 g/mol. The Morgan fingerprint density at radius 2 is 2.14 bits per heavy atom. The Hall–Kier alpha value is -1.14. The topological polar surface area (TPSA) is 46.1 Å². The van der Waals surface area contributed by atoms with Gasteiger partial charge in [0.15, 0.2) is 0 Å². The molecule has 1 aliphatic heterocycles. The van der Waals surface area contributed by atoms with Crippen LogP contribution >= 0.6 is 23.1 Å². The molecule has 0 radical (unpaired) electrons. The van der Waals surface area contributed by atoms with E-state index in [1.807, 2.05) is 16.3 Å². The Kier molecular flexibility index (Phi) is 4.45. The second kappa shape index (κ2) is 6.32. The number of amides is 1. The van der Waals surface area contributed by atoms with E-state index in [9.17, 15) is 4.79 Å². The molecule has 2 aromatic heterocycles. The van der Waals surface area contributed by atoms with Gasteiger partial charge in [-0.3, -0.25) is 4.79 Å². The molecule has 0 aromatic carbocycles. The van der Waals surface area contributed by atoms with Gasteiger partial charge in [0.25, 0.3) is 0 Å². The molecule has 1 aliphatic rings. The molecule has 0 bridgehead atoms. The third-order valence-electron chi connectivity index (χ3n) is 3.78. The molecule has 1 amide bonds. The predicted molar refractivity (Wildman–Crippen MR) is 87.7 cm³/mol. The summed E-state index contributed by atoms with van der Waals surface area (Å²) in [5.74, 6) is 1.89. The fraction of sp³-hybridized carbons (Fsp3) is 0.533. The maximum absolute atomic E-state index is 12.4. The molecule has 3 heterocycles. The first-order valence-corrected chi connectivity index (χ1v) is 9.08. The number of aromatic nitrogens is 2. The van der Waals surface area contributed by atoms with E-state index in [1.54, 1.807) is 17.7 Å². The number of rotatable bonds is 3. The van der Waals surface area contributed by atoms with Crippen LogP contribution in [0.1, 0.15) is 20.3 Å². The van der Waals surface area contributed by atoms with E-state index in [2.05, 4.69) is 23.8 Å². The average Bonchev–Trinajstić information content (AvgIpc) is 2.92. The minimum Gasteiger partial charge on any atom is -0.341 e. The minimum absolute atomic E-state index is 0.223. The van der Waals surface area contributed by atoms with Gasteiger partial charge in [-0.05, 0) is 29.7 Å². The van der Waals surface area contributed by atoms with E-state index in [0.717, 1.165) is 28.3 Å². The van der Waals surface area contributed by atoms with Gasteiger partial charge >= 0.3 is 0 Å². The third kappa shape index (κ3) is 3.37. The van der Waals surface area contributed by atoms with Gasteiger partial charge < -0.3 is 4.90 Å². The second-order valence-corrected chi connectivity index (χ2v) is 7.71. The van der Waals surface area contributed by atoms with E-state index in [1.165, 1.54) is 18.2 Å². The van der Waals surface area contributed by atoms with E-state index in [-0.39, 0.29) is 5.91 Å². The lowest BCUT2D eigenvalue weighted by Crippen LogP contribution is -2.43. The van der Waals surface area contributed by atoms with Crippen LogP contribution in [0, 0.1) is 11.8 Å². The highest BCUT2D eigenvalue weighted by Crippen LogP contribution is 2.28. The van der Waals surface area contributed by atoms with Crippen molar-refractivity contribution in [3.8, 4) is 0 Å². The van der Waals surface area contributed by atoms with Crippen molar-refractivity contribution in [1.29, 1.82) is 0 Å². The van der Waals surface area contributed by atoms with E-state index < -0.39 is 0 Å². The molecule has 0 spiro atoms. The number of carbonyl (C=O) groups excluding carboxylic acids is 1. The van der Waals surface area contributed by atoms with Crippen LogP contribution in [-0.2, 0) is 4.79 Å². The molecular formula is C15H19N3OS2. The summed E-state index contributed by atoms with van der Waals surface area (Å²) in [7, 11) is 0. The monoisotopic (exact) mass is 321 g/mol. The number of thiophene rings is 1. The Labute approximate surface area is 133 Å². The average molecular weight is 321 g/mol. The normalized spacial score (nSPS) is 22.7. The van der Waals surface area contributed by atoms with Gasteiger partial charge in [-0.15, -0.1) is 11.3 Å². The molecule has 0 saturated carbocycles. The summed E-state index contributed by atoms with van der Waals surface area (Å²) in [5.41, 5.74) is 0. The summed E-state index contributed by atoms with van der Waals surface area (Å²) in [6.07, 6.45) is 2.80. The van der Waals surface area contributed by atoms with Crippen molar-refractivity contribution in [1.82, 2.24) is 14.9 Å². The first-order chi connectivity index (χ1) is 10.1. The second-order valence-electron chi connectivity index (χ2n) is 5.85. The molecule has 2 aromatic rings. The molecule has 4 nitrogen and oxygen atoms in total. The highest BCUT2D eigenvalue weighted by molar-refractivity contribution is 8.00. The summed E-state index contributed by atoms with van der Waals surface area (Å²) in [5, 5.41) is 3.98.